The second kappa shape index (κ2) is 3.88. The van der Waals surface area contributed by atoms with Gasteiger partial charge in [0.25, 0.3) is 0 Å². The van der Waals surface area contributed by atoms with Crippen molar-refractivity contribution in [1.82, 2.24) is 9.97 Å². The highest BCUT2D eigenvalue weighted by Crippen LogP contribution is 2.30. The number of H-pyrrole nitrogens is 1. The molecule has 0 radical (unpaired) electrons. The number of fused-ring (bicyclic) bond motifs is 1. The van der Waals surface area contributed by atoms with Crippen molar-refractivity contribution in [3.05, 3.63) is 30.1 Å². The topological polar surface area (TPSA) is 74.9 Å². The van der Waals surface area contributed by atoms with Crippen LogP contribution in [0.3, 0.4) is 0 Å². The second-order valence-electron chi connectivity index (χ2n) is 4.77. The lowest BCUT2D eigenvalue weighted by Crippen LogP contribution is -2.33. The number of aromatic nitrogens is 2. The average molecular weight is 219 g/mol. The summed E-state index contributed by atoms with van der Waals surface area (Å²) in [6, 6.07) is 5.51. The van der Waals surface area contributed by atoms with E-state index in [1.807, 2.05) is 38.2 Å². The molecule has 1 atom stereocenters. The third-order valence-corrected chi connectivity index (χ3v) is 2.99. The smallest absolute Gasteiger partial charge is 0.0882 e. The van der Waals surface area contributed by atoms with Crippen molar-refractivity contribution in [2.45, 2.75) is 19.9 Å². The van der Waals surface area contributed by atoms with Crippen molar-refractivity contribution in [2.24, 2.45) is 11.1 Å². The number of rotatable bonds is 3. The maximum atomic E-state index is 9.29. The zero-order chi connectivity index (χ0) is 11.8. The Kier molecular flexibility index (Phi) is 2.69. The Balaban J connectivity index is 2.39. The first-order valence-electron chi connectivity index (χ1n) is 5.35. The van der Waals surface area contributed by atoms with E-state index >= 15 is 0 Å². The lowest BCUT2D eigenvalue weighted by molar-refractivity contribution is 0.131. The highest BCUT2D eigenvalue weighted by Gasteiger charge is 2.28. The number of aliphatic hydroxyl groups excluding tert-OH is 1. The summed E-state index contributed by atoms with van der Waals surface area (Å²) in [5, 5.41) is 9.29. The van der Waals surface area contributed by atoms with Crippen LogP contribution in [-0.2, 0) is 0 Å². The summed E-state index contributed by atoms with van der Waals surface area (Å²) in [7, 11) is 0. The fourth-order valence-electron chi connectivity index (χ4n) is 1.62. The van der Waals surface area contributed by atoms with E-state index in [1.165, 1.54) is 0 Å². The summed E-state index contributed by atoms with van der Waals surface area (Å²) >= 11 is 0. The first-order valence-corrected chi connectivity index (χ1v) is 5.35. The van der Waals surface area contributed by atoms with Gasteiger partial charge in [0.2, 0.25) is 0 Å². The van der Waals surface area contributed by atoms with Crippen molar-refractivity contribution in [2.75, 3.05) is 6.61 Å². The average Bonchev–Trinajstić information content (AvgIpc) is 2.74. The first-order chi connectivity index (χ1) is 7.54. The maximum absolute atomic E-state index is 9.29. The minimum absolute atomic E-state index is 0.0427. The molecule has 0 saturated heterocycles. The first kappa shape index (κ1) is 11.1. The van der Waals surface area contributed by atoms with E-state index < -0.39 is 0 Å². The van der Waals surface area contributed by atoms with Crippen LogP contribution in [0, 0.1) is 5.41 Å². The molecule has 0 amide bonds. The maximum Gasteiger partial charge on any atom is 0.0882 e. The largest absolute Gasteiger partial charge is 0.396 e. The van der Waals surface area contributed by atoms with Gasteiger partial charge in [-0.15, -0.1) is 0 Å². The molecule has 0 aliphatic heterocycles. The van der Waals surface area contributed by atoms with Crippen molar-refractivity contribution in [3.63, 3.8) is 0 Å². The van der Waals surface area contributed by atoms with Gasteiger partial charge in [0.05, 0.1) is 29.4 Å². The number of pyridine rings is 1. The Morgan fingerprint density at radius 1 is 1.44 bits per heavy atom. The predicted octanol–water partition coefficient (Wildman–Crippen LogP) is 1.58. The summed E-state index contributed by atoms with van der Waals surface area (Å²) < 4.78 is 0. The van der Waals surface area contributed by atoms with Crippen LogP contribution >= 0.6 is 0 Å². The lowest BCUT2D eigenvalue weighted by atomic mass is 9.84. The summed E-state index contributed by atoms with van der Waals surface area (Å²) in [6.07, 6.45) is 1.85. The van der Waals surface area contributed by atoms with Crippen LogP contribution in [0.25, 0.3) is 11.0 Å². The molecule has 2 heterocycles. The van der Waals surface area contributed by atoms with Crippen LogP contribution in [-0.4, -0.2) is 21.7 Å². The van der Waals surface area contributed by atoms with Crippen molar-refractivity contribution in [1.29, 1.82) is 0 Å². The fraction of sp³-hybridized carbons (Fsp3) is 0.417. The van der Waals surface area contributed by atoms with Crippen molar-refractivity contribution < 1.29 is 5.11 Å². The minimum atomic E-state index is -0.364. The summed E-state index contributed by atoms with van der Waals surface area (Å²) in [5.74, 6) is 0. The highest BCUT2D eigenvalue weighted by atomic mass is 16.3. The number of nitrogens with one attached hydrogen (secondary N) is 1. The van der Waals surface area contributed by atoms with Crippen LogP contribution in [0.2, 0.25) is 0 Å². The SMILES string of the molecule is CC(C)(CO)[C@H](N)c1ccc2[nH]ccc2n1. The van der Waals surface area contributed by atoms with Gasteiger partial charge in [0.1, 0.15) is 0 Å². The molecular weight excluding hydrogens is 202 g/mol. The third kappa shape index (κ3) is 1.81. The van der Waals surface area contributed by atoms with Crippen molar-refractivity contribution >= 4 is 11.0 Å². The molecule has 86 valence electrons. The van der Waals surface area contributed by atoms with E-state index in [2.05, 4.69) is 9.97 Å². The number of aliphatic hydroxyl groups is 1. The van der Waals surface area contributed by atoms with E-state index in [4.69, 9.17) is 5.73 Å². The monoisotopic (exact) mass is 219 g/mol. The van der Waals surface area contributed by atoms with Crippen LogP contribution in [0.1, 0.15) is 25.6 Å². The van der Waals surface area contributed by atoms with Gasteiger partial charge in [-0.05, 0) is 18.2 Å². The Hall–Kier alpha value is -1.39. The lowest BCUT2D eigenvalue weighted by Gasteiger charge is -2.28. The van der Waals surface area contributed by atoms with Gasteiger partial charge in [0, 0.05) is 11.6 Å². The normalized spacial score (nSPS) is 14.2. The van der Waals surface area contributed by atoms with Gasteiger partial charge in [-0.2, -0.15) is 0 Å². The number of hydrogen-bond acceptors (Lipinski definition) is 3. The Morgan fingerprint density at radius 2 is 2.19 bits per heavy atom. The molecule has 0 aromatic carbocycles. The van der Waals surface area contributed by atoms with Crippen LogP contribution in [0.5, 0.6) is 0 Å². The molecule has 4 heteroatoms. The molecule has 4 nitrogen and oxygen atoms in total. The van der Waals surface area contributed by atoms with Crippen molar-refractivity contribution in [3.8, 4) is 0 Å². The molecule has 2 aromatic rings. The summed E-state index contributed by atoms with van der Waals surface area (Å²) in [5.41, 5.74) is 8.46. The molecule has 0 aliphatic carbocycles. The quantitative estimate of drug-likeness (QED) is 0.733. The second-order valence-corrected chi connectivity index (χ2v) is 4.77. The zero-order valence-corrected chi connectivity index (χ0v) is 9.57. The molecule has 0 spiro atoms. The number of aromatic amines is 1. The minimum Gasteiger partial charge on any atom is -0.396 e. The molecule has 0 fully saturated rings. The third-order valence-electron chi connectivity index (χ3n) is 2.99. The van der Waals surface area contributed by atoms with Crippen LogP contribution in [0.15, 0.2) is 24.4 Å². The van der Waals surface area contributed by atoms with Crippen LogP contribution < -0.4 is 5.73 Å². The van der Waals surface area contributed by atoms with Gasteiger partial charge in [-0.25, -0.2) is 4.98 Å². The van der Waals surface area contributed by atoms with Gasteiger partial charge in [-0.3, -0.25) is 0 Å². The summed E-state index contributed by atoms with van der Waals surface area (Å²) in [4.78, 5) is 7.57. The Labute approximate surface area is 94.5 Å². The molecule has 0 aliphatic rings. The molecule has 2 rings (SSSR count). The standard InChI is InChI=1S/C12H17N3O/c1-12(2,7-16)11(13)10-4-3-8-9(15-10)5-6-14-8/h3-6,11,14,16H,7,13H2,1-2H3/t11-/m1/s1. The number of nitrogens with two attached hydrogens (primary N) is 1. The van der Waals surface area contributed by atoms with E-state index in [0.29, 0.717) is 0 Å². The van der Waals surface area contributed by atoms with E-state index in [0.717, 1.165) is 16.7 Å². The molecule has 2 aromatic heterocycles. The highest BCUT2D eigenvalue weighted by molar-refractivity contribution is 5.74. The molecule has 0 bridgehead atoms. The van der Waals surface area contributed by atoms with E-state index in [-0.39, 0.29) is 18.1 Å². The van der Waals surface area contributed by atoms with Gasteiger partial charge >= 0.3 is 0 Å². The molecule has 4 N–H and O–H groups in total. The fourth-order valence-corrected chi connectivity index (χ4v) is 1.62. The number of nitrogens with zero attached hydrogens (tertiary/aromatic N) is 1. The predicted molar refractivity (Wildman–Crippen MR) is 63.9 cm³/mol. The van der Waals surface area contributed by atoms with Gasteiger partial charge in [-0.1, -0.05) is 13.8 Å². The molecule has 0 saturated carbocycles. The Morgan fingerprint density at radius 3 is 2.88 bits per heavy atom. The van der Waals surface area contributed by atoms with Gasteiger partial charge in [0.15, 0.2) is 0 Å². The van der Waals surface area contributed by atoms with E-state index in [1.54, 1.807) is 0 Å². The molecule has 16 heavy (non-hydrogen) atoms. The Bertz CT molecular complexity index is 490. The number of hydrogen-bond donors (Lipinski definition) is 3. The summed E-state index contributed by atoms with van der Waals surface area (Å²) in [6.45, 7) is 3.91. The molecular formula is C12H17N3O. The van der Waals surface area contributed by atoms with Gasteiger partial charge < -0.3 is 15.8 Å². The van der Waals surface area contributed by atoms with Crippen LogP contribution in [0.4, 0.5) is 0 Å². The zero-order valence-electron chi connectivity index (χ0n) is 9.57. The molecule has 0 unspecified atom stereocenters. The van der Waals surface area contributed by atoms with E-state index in [9.17, 15) is 5.11 Å².